The summed E-state index contributed by atoms with van der Waals surface area (Å²) in [6.45, 7) is 3.27. The van der Waals surface area contributed by atoms with Gasteiger partial charge in [0, 0.05) is 22.2 Å². The summed E-state index contributed by atoms with van der Waals surface area (Å²) >= 11 is 1.98. The number of carboxylic acids is 1. The van der Waals surface area contributed by atoms with Gasteiger partial charge in [0.2, 0.25) is 10.0 Å². The maximum Gasteiger partial charge on any atom is 0.490 e. The van der Waals surface area contributed by atoms with Crippen LogP contribution in [-0.2, 0) is 21.9 Å². The first-order valence-corrected chi connectivity index (χ1v) is 16.6. The summed E-state index contributed by atoms with van der Waals surface area (Å²) in [6, 6.07) is 10.4. The van der Waals surface area contributed by atoms with E-state index < -0.39 is 44.8 Å². The first-order valence-electron chi connectivity index (χ1n) is 13.9. The first-order chi connectivity index (χ1) is 21.9. The Morgan fingerprint density at radius 2 is 1.72 bits per heavy atom. The number of anilines is 3. The van der Waals surface area contributed by atoms with Gasteiger partial charge in [-0.3, -0.25) is 28.0 Å². The van der Waals surface area contributed by atoms with Gasteiger partial charge in [0.25, 0.3) is 11.1 Å². The van der Waals surface area contributed by atoms with E-state index >= 15 is 0 Å². The minimum absolute atomic E-state index is 0.0404. The summed E-state index contributed by atoms with van der Waals surface area (Å²) in [5.74, 6) is -3.37. The molecule has 0 amide bonds. The topological polar surface area (TPSA) is 161 Å². The van der Waals surface area contributed by atoms with Crippen LogP contribution in [0.3, 0.4) is 0 Å². The van der Waals surface area contributed by atoms with Crippen molar-refractivity contribution in [3.8, 4) is 5.69 Å². The Bertz CT molecular complexity index is 2180. The zero-order chi connectivity index (χ0) is 35.0. The number of fused-ring (bicyclic) bond motifs is 1. The lowest BCUT2D eigenvalue weighted by Crippen LogP contribution is -2.41. The van der Waals surface area contributed by atoms with Gasteiger partial charge in [0.1, 0.15) is 17.0 Å². The van der Waals surface area contributed by atoms with Crippen molar-refractivity contribution in [2.75, 3.05) is 15.8 Å². The van der Waals surface area contributed by atoms with Crippen molar-refractivity contribution in [3.63, 3.8) is 0 Å². The van der Waals surface area contributed by atoms with Crippen LogP contribution < -0.4 is 26.8 Å². The van der Waals surface area contributed by atoms with Gasteiger partial charge in [0.05, 0.1) is 28.3 Å². The number of hydrogen-bond donors (Lipinski definition) is 3. The highest BCUT2D eigenvalue weighted by atomic mass is 127. The number of aliphatic carboxylic acids is 1. The number of aryl methyl sites for hydroxylation is 1. The van der Waals surface area contributed by atoms with Crippen LogP contribution in [0.4, 0.5) is 34.8 Å². The molecular formula is C29H28F4IN5O7S. The average molecular weight is 794 g/mol. The van der Waals surface area contributed by atoms with E-state index in [9.17, 15) is 40.4 Å². The second-order valence-electron chi connectivity index (χ2n) is 10.6. The molecule has 1 saturated carbocycles. The summed E-state index contributed by atoms with van der Waals surface area (Å²) in [7, 11) is -2.14. The fraction of sp³-hybridized carbons (Fsp3) is 0.310. The van der Waals surface area contributed by atoms with Gasteiger partial charge in [-0.1, -0.05) is 13.0 Å². The lowest BCUT2D eigenvalue weighted by molar-refractivity contribution is -0.192. The monoisotopic (exact) mass is 793 g/mol. The number of nitrogens with zero attached hydrogens (tertiary/aromatic N) is 3. The number of carboxylic acid groups (broad SMARTS) is 1. The van der Waals surface area contributed by atoms with Gasteiger partial charge >= 0.3 is 17.8 Å². The Hall–Kier alpha value is -4.20. The van der Waals surface area contributed by atoms with Gasteiger partial charge in [-0.2, -0.15) is 13.2 Å². The number of rotatable bonds is 8. The summed E-state index contributed by atoms with van der Waals surface area (Å²) in [5, 5.41) is 10.1. The largest absolute Gasteiger partial charge is 0.490 e. The molecule has 5 rings (SSSR count). The Morgan fingerprint density at radius 3 is 2.28 bits per heavy atom. The summed E-state index contributed by atoms with van der Waals surface area (Å²) in [4.78, 5) is 50.1. The molecule has 0 unspecified atom stereocenters. The molecule has 47 heavy (non-hydrogen) atoms. The molecule has 2 heterocycles. The van der Waals surface area contributed by atoms with E-state index in [-0.39, 0.29) is 51.1 Å². The number of halogens is 5. The number of pyridine rings is 1. The Morgan fingerprint density at radius 1 is 1.09 bits per heavy atom. The molecule has 0 spiro atoms. The number of nitrogens with one attached hydrogen (secondary N) is 2. The second kappa shape index (κ2) is 13.5. The SMILES string of the molecule is CCCS(=O)(=O)Nc1cccc(-n2c(=O)n(C3CC3)c(=O)c3c(Nc4ccc(I)cc4F)n(C)c(=O)c(C)c32)c1.O=C(O)C(F)(F)F. The summed E-state index contributed by atoms with van der Waals surface area (Å²) in [5.41, 5.74) is -0.959. The van der Waals surface area contributed by atoms with Crippen molar-refractivity contribution in [1.82, 2.24) is 13.7 Å². The number of benzene rings is 2. The number of sulfonamides is 1. The van der Waals surface area contributed by atoms with E-state index in [2.05, 4.69) is 10.0 Å². The molecule has 1 aliphatic rings. The number of hydrogen-bond acceptors (Lipinski definition) is 7. The second-order valence-corrected chi connectivity index (χ2v) is 13.7. The Balaban J connectivity index is 0.000000644. The molecule has 3 N–H and O–H groups in total. The van der Waals surface area contributed by atoms with Crippen LogP contribution in [0.25, 0.3) is 16.6 Å². The molecule has 18 heteroatoms. The van der Waals surface area contributed by atoms with Gasteiger partial charge in [-0.15, -0.1) is 0 Å². The number of aromatic nitrogens is 3. The molecule has 0 bridgehead atoms. The molecule has 1 fully saturated rings. The van der Waals surface area contributed by atoms with Crippen LogP contribution in [0.5, 0.6) is 0 Å². The van der Waals surface area contributed by atoms with Crippen molar-refractivity contribution in [1.29, 1.82) is 0 Å². The summed E-state index contributed by atoms with van der Waals surface area (Å²) < 4.78 is 78.3. The van der Waals surface area contributed by atoms with Gasteiger partial charge in [-0.05, 0) is 85.2 Å². The smallest absolute Gasteiger partial charge is 0.475 e. The molecule has 2 aromatic carbocycles. The maximum absolute atomic E-state index is 14.9. The zero-order valence-electron chi connectivity index (χ0n) is 25.0. The third-order valence-electron chi connectivity index (χ3n) is 7.03. The van der Waals surface area contributed by atoms with Crippen molar-refractivity contribution < 1.29 is 35.9 Å². The van der Waals surface area contributed by atoms with Crippen LogP contribution in [0, 0.1) is 16.3 Å². The zero-order valence-corrected chi connectivity index (χ0v) is 28.0. The molecule has 252 valence electrons. The Kier molecular flexibility index (Phi) is 10.2. The molecule has 4 aromatic rings. The molecule has 2 aromatic heterocycles. The number of alkyl halides is 3. The van der Waals surface area contributed by atoms with E-state index in [0.717, 1.165) is 4.57 Å². The van der Waals surface area contributed by atoms with Crippen molar-refractivity contribution >= 4 is 66.7 Å². The third kappa shape index (κ3) is 7.69. The predicted molar refractivity (Wildman–Crippen MR) is 176 cm³/mol. The van der Waals surface area contributed by atoms with Gasteiger partial charge in [-0.25, -0.2) is 22.4 Å². The number of carbonyl (C=O) groups is 1. The minimum atomic E-state index is -5.08. The predicted octanol–water partition coefficient (Wildman–Crippen LogP) is 4.77. The lowest BCUT2D eigenvalue weighted by atomic mass is 10.1. The molecule has 0 saturated heterocycles. The van der Waals surface area contributed by atoms with Crippen LogP contribution in [0.1, 0.15) is 37.8 Å². The van der Waals surface area contributed by atoms with Crippen LogP contribution in [0.2, 0.25) is 0 Å². The van der Waals surface area contributed by atoms with Crippen molar-refractivity contribution in [3.05, 3.63) is 88.6 Å². The van der Waals surface area contributed by atoms with Crippen LogP contribution >= 0.6 is 22.6 Å². The third-order valence-corrected chi connectivity index (χ3v) is 9.20. The fourth-order valence-electron chi connectivity index (χ4n) is 4.78. The first kappa shape index (κ1) is 35.7. The fourth-order valence-corrected chi connectivity index (χ4v) is 6.36. The van der Waals surface area contributed by atoms with E-state index in [0.29, 0.717) is 22.8 Å². The average Bonchev–Trinajstić information content (AvgIpc) is 3.80. The van der Waals surface area contributed by atoms with Crippen molar-refractivity contribution in [2.45, 2.75) is 45.3 Å². The maximum atomic E-state index is 14.9. The van der Waals surface area contributed by atoms with E-state index in [1.165, 1.54) is 41.3 Å². The van der Waals surface area contributed by atoms with E-state index in [4.69, 9.17) is 9.90 Å². The highest BCUT2D eigenvalue weighted by molar-refractivity contribution is 14.1. The quantitative estimate of drug-likeness (QED) is 0.170. The van der Waals surface area contributed by atoms with Crippen LogP contribution in [-0.4, -0.2) is 45.1 Å². The molecule has 0 aliphatic heterocycles. The standard InChI is InChI=1S/C27H27FIN5O5S.C2HF3O2/c1-4-12-40(38,39)31-17-6-5-7-19(14-17)33-23-15(2)25(35)32(3)24(30-21-11-8-16(29)13-20(21)28)22(23)26(36)34(27(33)37)18-9-10-18;3-2(4,5)1(6)7/h5-8,11,13-14,18,30-31H,4,9-10,12H2,1-3H3;(H,6,7). The highest BCUT2D eigenvalue weighted by Crippen LogP contribution is 2.34. The summed E-state index contributed by atoms with van der Waals surface area (Å²) in [6.07, 6.45) is -3.39. The van der Waals surface area contributed by atoms with Crippen LogP contribution in [0.15, 0.2) is 56.8 Å². The molecule has 12 nitrogen and oxygen atoms in total. The molecular weight excluding hydrogens is 765 g/mol. The molecule has 0 atom stereocenters. The van der Waals surface area contributed by atoms with Gasteiger partial charge in [0.15, 0.2) is 0 Å². The molecule has 1 aliphatic carbocycles. The van der Waals surface area contributed by atoms with Crippen molar-refractivity contribution in [2.24, 2.45) is 7.05 Å². The highest BCUT2D eigenvalue weighted by Gasteiger charge is 2.38. The minimum Gasteiger partial charge on any atom is -0.475 e. The normalized spacial score (nSPS) is 13.2. The lowest BCUT2D eigenvalue weighted by Gasteiger charge is -2.21. The Labute approximate surface area is 277 Å². The molecule has 0 radical (unpaired) electrons. The van der Waals surface area contributed by atoms with E-state index in [1.807, 2.05) is 22.6 Å². The van der Waals surface area contributed by atoms with Gasteiger partial charge < -0.3 is 10.4 Å². The van der Waals surface area contributed by atoms with E-state index in [1.54, 1.807) is 31.2 Å².